The summed E-state index contributed by atoms with van der Waals surface area (Å²) < 4.78 is 60.9. The molecule has 0 spiro atoms. The van der Waals surface area contributed by atoms with E-state index in [1.54, 1.807) is 11.0 Å². The molecule has 0 radical (unpaired) electrons. The highest BCUT2D eigenvalue weighted by molar-refractivity contribution is 7.90. The first-order chi connectivity index (χ1) is 10.1. The monoisotopic (exact) mass is 337 g/mol. The van der Waals surface area contributed by atoms with Crippen molar-refractivity contribution in [3.05, 3.63) is 35.4 Å². The van der Waals surface area contributed by atoms with Gasteiger partial charge in [0.05, 0.1) is 17.4 Å². The number of benzene rings is 1. The fourth-order valence-electron chi connectivity index (χ4n) is 2.68. The van der Waals surface area contributed by atoms with Crippen LogP contribution in [0.3, 0.4) is 0 Å². The lowest BCUT2D eigenvalue weighted by molar-refractivity contribution is -0.137. The van der Waals surface area contributed by atoms with Gasteiger partial charge in [-0.3, -0.25) is 4.90 Å². The van der Waals surface area contributed by atoms with E-state index in [2.05, 4.69) is 0 Å². The zero-order valence-corrected chi connectivity index (χ0v) is 12.9. The van der Waals surface area contributed by atoms with E-state index in [0.717, 1.165) is 18.4 Å². The molecule has 0 amide bonds. The summed E-state index contributed by atoms with van der Waals surface area (Å²) in [4.78, 5) is 1.72. The average Bonchev–Trinajstić information content (AvgIpc) is 2.76. The molecule has 0 unspecified atom stereocenters. The third kappa shape index (κ3) is 4.44. The van der Waals surface area contributed by atoms with Gasteiger partial charge in [-0.25, -0.2) is 8.42 Å². The van der Waals surface area contributed by atoms with Crippen molar-refractivity contribution in [1.82, 2.24) is 4.90 Å². The maximum atomic E-state index is 12.8. The van der Waals surface area contributed by atoms with Crippen LogP contribution in [0.1, 0.15) is 23.6 Å². The minimum atomic E-state index is -4.43. The van der Waals surface area contributed by atoms with Crippen molar-refractivity contribution >= 4 is 9.84 Å². The Balaban J connectivity index is 2.21. The number of aliphatic hydroxyl groups is 1. The van der Waals surface area contributed by atoms with Crippen molar-refractivity contribution in [2.75, 3.05) is 25.1 Å². The SMILES string of the molecule is CS(=O)(=O)CCN1C[C@H](O)C[C@@H]1c1cccc(C(F)(F)F)c1. The van der Waals surface area contributed by atoms with E-state index in [9.17, 15) is 26.7 Å². The molecule has 1 aromatic carbocycles. The summed E-state index contributed by atoms with van der Waals surface area (Å²) in [7, 11) is -3.17. The number of alkyl halides is 3. The first-order valence-electron chi connectivity index (χ1n) is 6.83. The topological polar surface area (TPSA) is 57.6 Å². The lowest BCUT2D eigenvalue weighted by Crippen LogP contribution is -2.30. The normalized spacial score (nSPS) is 23.9. The quantitative estimate of drug-likeness (QED) is 0.911. The Labute approximate surface area is 127 Å². The van der Waals surface area contributed by atoms with Gasteiger partial charge in [0.1, 0.15) is 9.84 Å². The van der Waals surface area contributed by atoms with Gasteiger partial charge in [0.25, 0.3) is 0 Å². The number of hydrogen-bond donors (Lipinski definition) is 1. The van der Waals surface area contributed by atoms with Gasteiger partial charge in [-0.2, -0.15) is 13.2 Å². The first kappa shape index (κ1) is 17.2. The smallest absolute Gasteiger partial charge is 0.392 e. The molecule has 8 heteroatoms. The molecule has 1 N–H and O–H groups in total. The standard InChI is InChI=1S/C14H18F3NO3S/c1-22(20,21)6-5-18-9-12(19)8-13(18)10-3-2-4-11(7-10)14(15,16)17/h2-4,7,12-13,19H,5-6,8-9H2,1H3/t12-,13-/m1/s1. The van der Waals surface area contributed by atoms with Crippen molar-refractivity contribution in [2.45, 2.75) is 24.7 Å². The summed E-state index contributed by atoms with van der Waals surface area (Å²) in [5.41, 5.74) is -0.297. The molecule has 1 aromatic rings. The number of sulfone groups is 1. The van der Waals surface area contributed by atoms with Crippen molar-refractivity contribution in [3.8, 4) is 0 Å². The van der Waals surface area contributed by atoms with Crippen LogP contribution in [0.15, 0.2) is 24.3 Å². The Hall–Kier alpha value is -1.12. The molecule has 0 bridgehead atoms. The molecule has 1 fully saturated rings. The summed E-state index contributed by atoms with van der Waals surface area (Å²) >= 11 is 0. The maximum Gasteiger partial charge on any atom is 0.416 e. The van der Waals surface area contributed by atoms with E-state index >= 15 is 0 Å². The van der Waals surface area contributed by atoms with Gasteiger partial charge in [-0.05, 0) is 24.1 Å². The summed E-state index contributed by atoms with van der Waals surface area (Å²) in [5.74, 6) is -0.0881. The third-order valence-electron chi connectivity index (χ3n) is 3.73. The molecular weight excluding hydrogens is 319 g/mol. The molecule has 22 heavy (non-hydrogen) atoms. The Morgan fingerprint density at radius 2 is 2.05 bits per heavy atom. The number of rotatable bonds is 4. The number of β-amino-alcohol motifs (C(OH)–C–C–N with tert-alkyl or cyclic N) is 1. The molecular formula is C14H18F3NO3S. The summed E-state index contributed by atoms with van der Waals surface area (Å²) in [6.07, 6.45) is -3.69. The lowest BCUT2D eigenvalue weighted by Gasteiger charge is -2.24. The van der Waals surface area contributed by atoms with Gasteiger partial charge in [-0.1, -0.05) is 12.1 Å². The summed E-state index contributed by atoms with van der Waals surface area (Å²) in [6.45, 7) is 0.452. The molecule has 2 atom stereocenters. The van der Waals surface area contributed by atoms with Crippen LogP contribution in [-0.4, -0.2) is 49.6 Å². The zero-order valence-electron chi connectivity index (χ0n) is 12.0. The second kappa shape index (κ2) is 6.17. The van der Waals surface area contributed by atoms with Crippen molar-refractivity contribution in [3.63, 3.8) is 0 Å². The number of halogens is 3. The Morgan fingerprint density at radius 3 is 2.64 bits per heavy atom. The Kier molecular flexibility index (Phi) is 4.84. The maximum absolute atomic E-state index is 12.8. The number of aliphatic hydroxyl groups excluding tert-OH is 1. The predicted molar refractivity (Wildman–Crippen MR) is 76.1 cm³/mol. The highest BCUT2D eigenvalue weighted by atomic mass is 32.2. The van der Waals surface area contributed by atoms with Gasteiger partial charge in [0, 0.05) is 25.4 Å². The molecule has 1 saturated heterocycles. The highest BCUT2D eigenvalue weighted by Crippen LogP contribution is 2.35. The van der Waals surface area contributed by atoms with Crippen LogP contribution in [-0.2, 0) is 16.0 Å². The van der Waals surface area contributed by atoms with Crippen LogP contribution >= 0.6 is 0 Å². The summed E-state index contributed by atoms with van der Waals surface area (Å²) in [6, 6.07) is 4.56. The molecule has 124 valence electrons. The largest absolute Gasteiger partial charge is 0.416 e. The van der Waals surface area contributed by atoms with Crippen LogP contribution < -0.4 is 0 Å². The molecule has 1 aliphatic heterocycles. The molecule has 0 saturated carbocycles. The van der Waals surface area contributed by atoms with Crippen molar-refractivity contribution in [1.29, 1.82) is 0 Å². The molecule has 0 aromatic heterocycles. The third-order valence-corrected chi connectivity index (χ3v) is 4.65. The van der Waals surface area contributed by atoms with Crippen molar-refractivity contribution in [2.24, 2.45) is 0 Å². The van der Waals surface area contributed by atoms with Crippen LogP contribution in [0.25, 0.3) is 0 Å². The molecule has 1 aliphatic rings. The number of likely N-dealkylation sites (tertiary alicyclic amines) is 1. The Morgan fingerprint density at radius 1 is 1.36 bits per heavy atom. The highest BCUT2D eigenvalue weighted by Gasteiger charge is 2.35. The second-order valence-electron chi connectivity index (χ2n) is 5.65. The van der Waals surface area contributed by atoms with E-state index in [1.807, 2.05) is 0 Å². The van der Waals surface area contributed by atoms with E-state index in [4.69, 9.17) is 0 Å². The predicted octanol–water partition coefficient (Wildman–Crippen LogP) is 1.86. The first-order valence-corrected chi connectivity index (χ1v) is 8.89. The number of nitrogens with zero attached hydrogens (tertiary/aromatic N) is 1. The minimum absolute atomic E-state index is 0.0881. The zero-order chi connectivity index (χ0) is 16.5. The average molecular weight is 337 g/mol. The van der Waals surface area contributed by atoms with E-state index in [0.29, 0.717) is 12.0 Å². The summed E-state index contributed by atoms with van der Waals surface area (Å²) in [5, 5.41) is 9.78. The second-order valence-corrected chi connectivity index (χ2v) is 7.91. The van der Waals surface area contributed by atoms with Gasteiger partial charge in [0.2, 0.25) is 0 Å². The van der Waals surface area contributed by atoms with Crippen LogP contribution in [0.2, 0.25) is 0 Å². The molecule has 0 aliphatic carbocycles. The van der Waals surface area contributed by atoms with Crippen LogP contribution in [0.4, 0.5) is 13.2 Å². The molecule has 4 nitrogen and oxygen atoms in total. The number of hydrogen-bond acceptors (Lipinski definition) is 4. The van der Waals surface area contributed by atoms with E-state index in [-0.39, 0.29) is 18.8 Å². The molecule has 2 rings (SSSR count). The lowest BCUT2D eigenvalue weighted by atomic mass is 10.0. The Bertz CT molecular complexity index is 630. The van der Waals surface area contributed by atoms with Gasteiger partial charge < -0.3 is 5.11 Å². The van der Waals surface area contributed by atoms with Gasteiger partial charge >= 0.3 is 6.18 Å². The van der Waals surface area contributed by atoms with Crippen LogP contribution in [0, 0.1) is 0 Å². The van der Waals surface area contributed by atoms with Crippen LogP contribution in [0.5, 0.6) is 0 Å². The molecule has 1 heterocycles. The van der Waals surface area contributed by atoms with Gasteiger partial charge in [-0.15, -0.1) is 0 Å². The van der Waals surface area contributed by atoms with E-state index in [1.165, 1.54) is 6.07 Å². The fourth-order valence-corrected chi connectivity index (χ4v) is 3.24. The fraction of sp³-hybridized carbons (Fsp3) is 0.571. The van der Waals surface area contributed by atoms with Crippen molar-refractivity contribution < 1.29 is 26.7 Å². The van der Waals surface area contributed by atoms with Gasteiger partial charge in [0.15, 0.2) is 0 Å². The minimum Gasteiger partial charge on any atom is -0.392 e. The van der Waals surface area contributed by atoms with E-state index < -0.39 is 33.7 Å².